The van der Waals surface area contributed by atoms with Crippen LogP contribution in [0.25, 0.3) is 0 Å². The van der Waals surface area contributed by atoms with Gasteiger partial charge in [-0.1, -0.05) is 6.07 Å². The summed E-state index contributed by atoms with van der Waals surface area (Å²) < 4.78 is 0. The number of anilines is 1. The number of hydrogen-bond donors (Lipinski definition) is 3. The summed E-state index contributed by atoms with van der Waals surface area (Å²) in [7, 11) is 0. The third-order valence-electron chi connectivity index (χ3n) is 3.81. The van der Waals surface area contributed by atoms with Crippen LogP contribution in [0.4, 0.5) is 11.4 Å². The van der Waals surface area contributed by atoms with Crippen molar-refractivity contribution in [2.45, 2.75) is 26.0 Å². The fourth-order valence-corrected chi connectivity index (χ4v) is 2.61. The maximum atomic E-state index is 10.8. The van der Waals surface area contributed by atoms with Crippen molar-refractivity contribution >= 4 is 11.4 Å². The van der Waals surface area contributed by atoms with E-state index in [0.29, 0.717) is 18.2 Å². The molecular weight excluding hydrogens is 260 g/mol. The zero-order valence-corrected chi connectivity index (χ0v) is 11.5. The van der Waals surface area contributed by atoms with Gasteiger partial charge in [-0.05, 0) is 37.4 Å². The summed E-state index contributed by atoms with van der Waals surface area (Å²) in [6.07, 6.45) is 0.685. The number of nitrogens with one attached hydrogen (secondary N) is 1. The molecule has 2 unspecified atom stereocenters. The Labute approximate surface area is 117 Å². The van der Waals surface area contributed by atoms with Crippen molar-refractivity contribution < 1.29 is 10.0 Å². The lowest BCUT2D eigenvalue weighted by atomic mass is 10.0. The summed E-state index contributed by atoms with van der Waals surface area (Å²) in [5, 5.41) is 20.4. The van der Waals surface area contributed by atoms with Crippen molar-refractivity contribution in [2.75, 3.05) is 18.5 Å². The molecule has 1 aliphatic heterocycles. The molecule has 20 heavy (non-hydrogen) atoms. The van der Waals surface area contributed by atoms with Crippen LogP contribution < -0.4 is 11.3 Å². The highest BCUT2D eigenvalue weighted by Crippen LogP contribution is 2.27. The smallest absolute Gasteiger partial charge is 0.293 e. The summed E-state index contributed by atoms with van der Waals surface area (Å²) in [6.45, 7) is 4.30. The normalized spacial score (nSPS) is 20.9. The van der Waals surface area contributed by atoms with E-state index < -0.39 is 4.92 Å². The molecule has 1 heterocycles. The fourth-order valence-electron chi connectivity index (χ4n) is 2.61. The fraction of sp³-hybridized carbons (Fsp3) is 0.538. The number of likely N-dealkylation sites (tertiary alicyclic amines) is 1. The molecule has 110 valence electrons. The summed E-state index contributed by atoms with van der Waals surface area (Å²) in [6, 6.07) is 4.91. The van der Waals surface area contributed by atoms with E-state index in [9.17, 15) is 15.2 Å². The summed E-state index contributed by atoms with van der Waals surface area (Å²) in [4.78, 5) is 12.6. The van der Waals surface area contributed by atoms with Gasteiger partial charge in [-0.2, -0.15) is 0 Å². The highest BCUT2D eigenvalue weighted by Gasteiger charge is 2.26. The van der Waals surface area contributed by atoms with E-state index >= 15 is 0 Å². The molecular formula is C13H20N4O3. The van der Waals surface area contributed by atoms with Gasteiger partial charge in [0.25, 0.3) is 5.69 Å². The van der Waals surface area contributed by atoms with Crippen molar-refractivity contribution in [1.82, 2.24) is 4.90 Å². The molecule has 0 spiro atoms. The van der Waals surface area contributed by atoms with Gasteiger partial charge in [-0.25, -0.2) is 0 Å². The molecule has 7 nitrogen and oxygen atoms in total. The van der Waals surface area contributed by atoms with Gasteiger partial charge in [0.15, 0.2) is 0 Å². The zero-order chi connectivity index (χ0) is 14.7. The number of nitro groups is 1. The van der Waals surface area contributed by atoms with Crippen LogP contribution in [0.15, 0.2) is 18.2 Å². The number of hydrazine groups is 1. The molecule has 7 heteroatoms. The predicted molar refractivity (Wildman–Crippen MR) is 76.0 cm³/mol. The van der Waals surface area contributed by atoms with Gasteiger partial charge in [0.05, 0.1) is 11.0 Å². The highest BCUT2D eigenvalue weighted by molar-refractivity contribution is 5.62. The van der Waals surface area contributed by atoms with Crippen LogP contribution in [-0.4, -0.2) is 34.1 Å². The van der Waals surface area contributed by atoms with Crippen LogP contribution in [0.2, 0.25) is 0 Å². The van der Waals surface area contributed by atoms with Crippen molar-refractivity contribution in [1.29, 1.82) is 0 Å². The number of nitrogens with zero attached hydrogens (tertiary/aromatic N) is 2. The van der Waals surface area contributed by atoms with Crippen LogP contribution in [-0.2, 0) is 6.54 Å². The van der Waals surface area contributed by atoms with Gasteiger partial charge < -0.3 is 10.5 Å². The molecule has 1 aliphatic rings. The molecule has 0 radical (unpaired) electrons. The van der Waals surface area contributed by atoms with Gasteiger partial charge >= 0.3 is 0 Å². The number of rotatable bonds is 5. The van der Waals surface area contributed by atoms with E-state index in [2.05, 4.69) is 10.3 Å². The van der Waals surface area contributed by atoms with Crippen LogP contribution in [0.5, 0.6) is 0 Å². The van der Waals surface area contributed by atoms with Gasteiger partial charge in [-0.15, -0.1) is 0 Å². The second kappa shape index (κ2) is 6.17. The Morgan fingerprint density at radius 1 is 1.65 bits per heavy atom. The molecule has 0 amide bonds. The Balaban J connectivity index is 2.05. The Hall–Kier alpha value is -1.70. The molecule has 1 fully saturated rings. The number of aliphatic hydroxyl groups is 1. The minimum Gasteiger partial charge on any atom is -0.393 e. The van der Waals surface area contributed by atoms with Crippen LogP contribution in [0.3, 0.4) is 0 Å². The topological polar surface area (TPSA) is 105 Å². The zero-order valence-electron chi connectivity index (χ0n) is 11.5. The van der Waals surface area contributed by atoms with Gasteiger partial charge in [-0.3, -0.25) is 20.9 Å². The SMILES string of the molecule is CC(O)C1CCN(Cc2ccc([N+](=O)[O-])c(NN)c2)C1. The number of nitro benzene ring substituents is 1. The molecule has 1 aromatic carbocycles. The minimum absolute atomic E-state index is 0.0282. The Morgan fingerprint density at radius 2 is 2.40 bits per heavy atom. The Bertz CT molecular complexity index is 493. The van der Waals surface area contributed by atoms with Crippen LogP contribution in [0, 0.1) is 16.0 Å². The molecule has 1 aromatic rings. The molecule has 0 saturated carbocycles. The number of benzene rings is 1. The Kier molecular flexibility index (Phi) is 4.53. The third kappa shape index (κ3) is 3.24. The first-order valence-corrected chi connectivity index (χ1v) is 6.65. The molecule has 2 atom stereocenters. The Morgan fingerprint density at radius 3 is 2.95 bits per heavy atom. The standard InChI is InChI=1S/C13H20N4O3/c1-9(18)11-4-5-16(8-11)7-10-2-3-13(17(19)20)12(6-10)15-14/h2-3,6,9,11,15,18H,4-5,7-8,14H2,1H3. The van der Waals surface area contributed by atoms with Crippen molar-refractivity contribution in [2.24, 2.45) is 11.8 Å². The largest absolute Gasteiger partial charge is 0.393 e. The first-order valence-electron chi connectivity index (χ1n) is 6.65. The average Bonchev–Trinajstić information content (AvgIpc) is 2.87. The second-order valence-electron chi connectivity index (χ2n) is 5.28. The maximum Gasteiger partial charge on any atom is 0.293 e. The molecule has 2 rings (SSSR count). The lowest BCUT2D eigenvalue weighted by Crippen LogP contribution is -2.24. The molecule has 0 bridgehead atoms. The molecule has 0 aromatic heterocycles. The second-order valence-corrected chi connectivity index (χ2v) is 5.28. The van der Waals surface area contributed by atoms with E-state index in [4.69, 9.17) is 5.84 Å². The first-order chi connectivity index (χ1) is 9.51. The number of nitrogen functional groups attached to an aromatic ring is 1. The average molecular weight is 280 g/mol. The maximum absolute atomic E-state index is 10.8. The quantitative estimate of drug-likeness (QED) is 0.423. The van der Waals surface area contributed by atoms with Gasteiger partial charge in [0.2, 0.25) is 0 Å². The van der Waals surface area contributed by atoms with E-state index in [1.54, 1.807) is 12.1 Å². The third-order valence-corrected chi connectivity index (χ3v) is 3.81. The number of hydrogen-bond acceptors (Lipinski definition) is 6. The van der Waals surface area contributed by atoms with Crippen molar-refractivity contribution in [3.05, 3.63) is 33.9 Å². The minimum atomic E-state index is -0.460. The molecule has 1 saturated heterocycles. The van der Waals surface area contributed by atoms with Crippen LogP contribution >= 0.6 is 0 Å². The predicted octanol–water partition coefficient (Wildman–Crippen LogP) is 1.08. The molecule has 4 N–H and O–H groups in total. The number of nitrogens with two attached hydrogens (primary N) is 1. The van der Waals surface area contributed by atoms with Gasteiger partial charge in [0.1, 0.15) is 5.69 Å². The summed E-state index contributed by atoms with van der Waals surface area (Å²) in [5.41, 5.74) is 3.63. The monoisotopic (exact) mass is 280 g/mol. The summed E-state index contributed by atoms with van der Waals surface area (Å²) >= 11 is 0. The van der Waals surface area contributed by atoms with Gasteiger partial charge in [0, 0.05) is 19.2 Å². The van der Waals surface area contributed by atoms with E-state index in [0.717, 1.165) is 25.1 Å². The first kappa shape index (κ1) is 14.7. The van der Waals surface area contributed by atoms with E-state index in [-0.39, 0.29) is 11.8 Å². The van der Waals surface area contributed by atoms with E-state index in [1.807, 2.05) is 6.92 Å². The molecule has 0 aliphatic carbocycles. The summed E-state index contributed by atoms with van der Waals surface area (Å²) in [5.74, 6) is 5.63. The highest BCUT2D eigenvalue weighted by atomic mass is 16.6. The van der Waals surface area contributed by atoms with Crippen molar-refractivity contribution in [3.8, 4) is 0 Å². The lowest BCUT2D eigenvalue weighted by Gasteiger charge is -2.17. The number of aliphatic hydroxyl groups excluding tert-OH is 1. The lowest BCUT2D eigenvalue weighted by molar-refractivity contribution is -0.384. The van der Waals surface area contributed by atoms with Crippen LogP contribution in [0.1, 0.15) is 18.9 Å². The van der Waals surface area contributed by atoms with Crippen molar-refractivity contribution in [3.63, 3.8) is 0 Å². The van der Waals surface area contributed by atoms with E-state index in [1.165, 1.54) is 6.07 Å².